The zero-order valence-electron chi connectivity index (χ0n) is 38.1. The molecular formula is C51H65N5O6. The highest BCUT2D eigenvalue weighted by Crippen LogP contribution is 2.30. The predicted octanol–water partition coefficient (Wildman–Crippen LogP) is 10.6. The lowest BCUT2D eigenvalue weighted by Crippen LogP contribution is -2.45. The Morgan fingerprint density at radius 3 is 1.69 bits per heavy atom. The van der Waals surface area contributed by atoms with Gasteiger partial charge in [0.1, 0.15) is 41.8 Å². The van der Waals surface area contributed by atoms with E-state index in [0.717, 1.165) is 61.3 Å². The lowest BCUT2D eigenvalue weighted by molar-refractivity contribution is 0.0159. The highest BCUT2D eigenvalue weighted by Gasteiger charge is 2.30. The lowest BCUT2D eigenvalue weighted by atomic mass is 9.87. The maximum atomic E-state index is 12.7. The topological polar surface area (TPSA) is 120 Å². The number of carbonyl (C=O) groups is 2. The van der Waals surface area contributed by atoms with Gasteiger partial charge in [0, 0.05) is 24.2 Å². The summed E-state index contributed by atoms with van der Waals surface area (Å²) in [4.78, 5) is 36.1. The first-order valence-electron chi connectivity index (χ1n) is 21.8. The quantitative estimate of drug-likeness (QED) is 0.0900. The number of aryl methyl sites for hydroxylation is 2. The number of fused-ring (bicyclic) bond motifs is 2. The standard InChI is InChI=1S/C30H41N3O5.C21H24N2O/c1-8-33(28(35)38-30(5,6)7)24-15-13-23-18-25(16-14-22(23)17-24)36-19-20-9-11-21(12-10-20)26(31)32-27(34)37-29(2,3)4;1-4-23(3)20-11-7-18-14-21(12-8-17(18)13-20)24-15-16-5-9-19(22-2)10-6-16/h9-12,14,16,18,24H,8,13,15,17,19H2,1-7H3,(H2,31,32,34);5-6,8-10,12,14,20H,4,7,11,13,15H2,1,3H3. The van der Waals surface area contributed by atoms with Gasteiger partial charge in [-0.3, -0.25) is 0 Å². The van der Waals surface area contributed by atoms with Crippen molar-refractivity contribution in [2.45, 2.75) is 130 Å². The summed E-state index contributed by atoms with van der Waals surface area (Å²) in [6.07, 6.45) is 5.08. The number of hydrogen-bond acceptors (Lipinski definition) is 7. The molecule has 0 fully saturated rings. The minimum atomic E-state index is -0.714. The smallest absolute Gasteiger partial charge is 0.436 e. The normalized spacial score (nSPS) is 16.1. The molecule has 6 rings (SSSR count). The highest BCUT2D eigenvalue weighted by molar-refractivity contribution is 6.02. The van der Waals surface area contributed by atoms with Gasteiger partial charge in [-0.2, -0.15) is 4.99 Å². The third kappa shape index (κ3) is 14.1. The van der Waals surface area contributed by atoms with Gasteiger partial charge in [-0.15, -0.1) is 0 Å². The van der Waals surface area contributed by atoms with Crippen molar-refractivity contribution in [3.05, 3.63) is 135 Å². The Hall–Kier alpha value is -5.86. The Bertz CT molecular complexity index is 2200. The zero-order valence-corrected chi connectivity index (χ0v) is 38.1. The van der Waals surface area contributed by atoms with Gasteiger partial charge in [-0.05, 0) is 158 Å². The van der Waals surface area contributed by atoms with Crippen LogP contribution in [0.25, 0.3) is 4.85 Å². The van der Waals surface area contributed by atoms with Crippen molar-refractivity contribution in [2.75, 3.05) is 20.1 Å². The minimum Gasteiger partial charge on any atom is -0.489 e. The summed E-state index contributed by atoms with van der Waals surface area (Å²) in [6.45, 7) is 24.8. The van der Waals surface area contributed by atoms with Gasteiger partial charge in [0.25, 0.3) is 0 Å². The molecule has 330 valence electrons. The van der Waals surface area contributed by atoms with E-state index >= 15 is 0 Å². The second-order valence-electron chi connectivity index (χ2n) is 18.0. The second-order valence-corrected chi connectivity index (χ2v) is 18.0. The molecule has 4 aromatic carbocycles. The van der Waals surface area contributed by atoms with E-state index in [1.807, 2.05) is 75.1 Å². The maximum absolute atomic E-state index is 12.7. The monoisotopic (exact) mass is 843 g/mol. The number of nitrogens with zero attached hydrogens (tertiary/aromatic N) is 4. The van der Waals surface area contributed by atoms with E-state index in [0.29, 0.717) is 37.1 Å². The Morgan fingerprint density at radius 2 is 1.21 bits per heavy atom. The Balaban J connectivity index is 0.000000259. The summed E-state index contributed by atoms with van der Waals surface area (Å²) < 4.78 is 22.8. The van der Waals surface area contributed by atoms with E-state index in [2.05, 4.69) is 59.0 Å². The molecule has 2 N–H and O–H groups in total. The average Bonchev–Trinajstić information content (AvgIpc) is 3.23. The number of benzene rings is 4. The van der Waals surface area contributed by atoms with Crippen LogP contribution in [0.4, 0.5) is 15.3 Å². The van der Waals surface area contributed by atoms with Crippen LogP contribution in [0.5, 0.6) is 11.5 Å². The maximum Gasteiger partial charge on any atom is 0.436 e. The molecule has 2 unspecified atom stereocenters. The Labute approximate surface area is 369 Å². The molecule has 11 heteroatoms. The van der Waals surface area contributed by atoms with E-state index in [1.165, 1.54) is 28.7 Å². The summed E-state index contributed by atoms with van der Waals surface area (Å²) in [6, 6.07) is 28.4. The van der Waals surface area contributed by atoms with E-state index in [1.54, 1.807) is 32.9 Å². The first kappa shape index (κ1) is 47.2. The Morgan fingerprint density at radius 1 is 0.710 bits per heavy atom. The number of rotatable bonds is 11. The summed E-state index contributed by atoms with van der Waals surface area (Å²) in [5.41, 5.74) is 13.6. The van der Waals surface area contributed by atoms with Crippen LogP contribution in [0.2, 0.25) is 0 Å². The van der Waals surface area contributed by atoms with Crippen LogP contribution in [-0.4, -0.2) is 71.2 Å². The van der Waals surface area contributed by atoms with Crippen LogP contribution >= 0.6 is 0 Å². The molecule has 0 bridgehead atoms. The fraction of sp³-hybridized carbons (Fsp3) is 0.451. The molecule has 4 aromatic rings. The van der Waals surface area contributed by atoms with Crippen molar-refractivity contribution in [2.24, 2.45) is 10.7 Å². The number of aliphatic imine (C=N–C) groups is 1. The van der Waals surface area contributed by atoms with Gasteiger partial charge < -0.3 is 34.5 Å². The van der Waals surface area contributed by atoms with Gasteiger partial charge in [0.05, 0.1) is 6.57 Å². The van der Waals surface area contributed by atoms with Crippen molar-refractivity contribution < 1.29 is 28.5 Å². The molecule has 2 amide bonds. The van der Waals surface area contributed by atoms with Gasteiger partial charge in [0.15, 0.2) is 5.69 Å². The molecule has 2 aliphatic rings. The number of carbonyl (C=O) groups excluding carboxylic acids is 2. The van der Waals surface area contributed by atoms with Gasteiger partial charge in [-0.1, -0.05) is 67.6 Å². The van der Waals surface area contributed by atoms with Crippen LogP contribution in [0, 0.1) is 6.57 Å². The van der Waals surface area contributed by atoms with Crippen molar-refractivity contribution in [3.63, 3.8) is 0 Å². The summed E-state index contributed by atoms with van der Waals surface area (Å²) in [5.74, 6) is 1.84. The van der Waals surface area contributed by atoms with Gasteiger partial charge >= 0.3 is 12.2 Å². The summed E-state index contributed by atoms with van der Waals surface area (Å²) in [5, 5.41) is 0. The van der Waals surface area contributed by atoms with Crippen LogP contribution in [-0.2, 0) is 48.4 Å². The molecule has 0 aromatic heterocycles. The SMILES string of the molecule is CCN(C(=O)OC(C)(C)C)C1CCc2cc(OCc3ccc(C(N)=NC(=O)OC(C)(C)C)cc3)ccc2C1.[C-]#[N+]c1ccc(COc2ccc3c(c2)CCC(N(C)CC)C3)cc1. The van der Waals surface area contributed by atoms with E-state index in [9.17, 15) is 9.59 Å². The number of amidine groups is 1. The molecule has 62 heavy (non-hydrogen) atoms. The molecule has 0 radical (unpaired) electrons. The number of nitrogens with two attached hydrogens (primary N) is 1. The number of ether oxygens (including phenoxy) is 4. The molecule has 0 aliphatic heterocycles. The molecule has 0 spiro atoms. The van der Waals surface area contributed by atoms with Crippen molar-refractivity contribution >= 4 is 23.7 Å². The third-order valence-electron chi connectivity index (χ3n) is 11.0. The van der Waals surface area contributed by atoms with E-state index < -0.39 is 17.3 Å². The van der Waals surface area contributed by atoms with E-state index in [-0.39, 0.29) is 18.0 Å². The van der Waals surface area contributed by atoms with Crippen LogP contribution in [0.1, 0.15) is 107 Å². The second kappa shape index (κ2) is 21.3. The number of hydrogen-bond donors (Lipinski definition) is 1. The zero-order chi connectivity index (χ0) is 45.0. The number of likely N-dealkylation sites (N-methyl/N-ethyl adjacent to an activating group) is 2. The molecule has 0 heterocycles. The molecule has 0 saturated heterocycles. The Kier molecular flexibility index (Phi) is 16.2. The van der Waals surface area contributed by atoms with Crippen molar-refractivity contribution in [3.8, 4) is 11.5 Å². The third-order valence-corrected chi connectivity index (χ3v) is 11.0. The summed E-state index contributed by atoms with van der Waals surface area (Å²) >= 11 is 0. The minimum absolute atomic E-state index is 0.105. The van der Waals surface area contributed by atoms with Gasteiger partial charge in [-0.25, -0.2) is 14.4 Å². The van der Waals surface area contributed by atoms with Crippen molar-refractivity contribution in [1.82, 2.24) is 9.80 Å². The summed E-state index contributed by atoms with van der Waals surface area (Å²) in [7, 11) is 2.21. The average molecular weight is 844 g/mol. The molecule has 2 aliphatic carbocycles. The van der Waals surface area contributed by atoms with Crippen LogP contribution in [0.3, 0.4) is 0 Å². The predicted molar refractivity (Wildman–Crippen MR) is 246 cm³/mol. The molecule has 11 nitrogen and oxygen atoms in total. The van der Waals surface area contributed by atoms with Crippen molar-refractivity contribution in [1.29, 1.82) is 0 Å². The highest BCUT2D eigenvalue weighted by atomic mass is 16.6. The first-order valence-corrected chi connectivity index (χ1v) is 21.8. The fourth-order valence-electron chi connectivity index (χ4n) is 7.58. The molecular weight excluding hydrogens is 779 g/mol. The molecule has 0 saturated carbocycles. The lowest BCUT2D eigenvalue weighted by Gasteiger charge is -2.35. The largest absolute Gasteiger partial charge is 0.489 e. The fourth-order valence-corrected chi connectivity index (χ4v) is 7.58. The van der Waals surface area contributed by atoms with Crippen LogP contribution in [0.15, 0.2) is 89.9 Å². The number of amides is 2. The van der Waals surface area contributed by atoms with Gasteiger partial charge in [0.2, 0.25) is 0 Å². The van der Waals surface area contributed by atoms with E-state index in [4.69, 9.17) is 31.3 Å². The first-order chi connectivity index (χ1) is 29.4. The van der Waals surface area contributed by atoms with Crippen LogP contribution < -0.4 is 15.2 Å². The molecule has 2 atom stereocenters.